The number of carbonyl (C=O) groups is 2. The topological polar surface area (TPSA) is 49.4 Å². The standard InChI is InChI=1S/C21H23ClN2O2/c1-3-15-9-11-16(12-10-15)21(26)24-13-5-8-19(24)20(25)23-18-7-4-6-17(22)14(18)2/h4,6-7,9-12,19H,3,5,8,13H2,1-2H3,(H,23,25). The number of anilines is 1. The summed E-state index contributed by atoms with van der Waals surface area (Å²) in [5.74, 6) is -0.250. The molecule has 136 valence electrons. The second-order valence-corrected chi connectivity index (χ2v) is 7.02. The van der Waals surface area contributed by atoms with Crippen LogP contribution in [0.5, 0.6) is 0 Å². The molecule has 1 saturated heterocycles. The zero-order valence-corrected chi connectivity index (χ0v) is 15.8. The molecule has 1 fully saturated rings. The fourth-order valence-electron chi connectivity index (χ4n) is 3.29. The van der Waals surface area contributed by atoms with Gasteiger partial charge in [0.05, 0.1) is 0 Å². The summed E-state index contributed by atoms with van der Waals surface area (Å²) in [7, 11) is 0. The van der Waals surface area contributed by atoms with E-state index in [1.54, 1.807) is 17.0 Å². The molecule has 3 rings (SSSR count). The summed E-state index contributed by atoms with van der Waals surface area (Å²) in [4.78, 5) is 27.3. The molecule has 1 N–H and O–H groups in total. The van der Waals surface area contributed by atoms with E-state index in [1.165, 1.54) is 5.56 Å². The molecule has 0 aliphatic carbocycles. The molecular weight excluding hydrogens is 348 g/mol. The molecule has 0 bridgehead atoms. The van der Waals surface area contributed by atoms with Gasteiger partial charge >= 0.3 is 0 Å². The first-order valence-corrected chi connectivity index (χ1v) is 9.35. The molecule has 0 radical (unpaired) electrons. The monoisotopic (exact) mass is 370 g/mol. The van der Waals surface area contributed by atoms with Crippen molar-refractivity contribution < 1.29 is 9.59 Å². The van der Waals surface area contributed by atoms with Crippen molar-refractivity contribution in [2.45, 2.75) is 39.2 Å². The lowest BCUT2D eigenvalue weighted by Crippen LogP contribution is -2.43. The molecule has 1 atom stereocenters. The van der Waals surface area contributed by atoms with Crippen LogP contribution in [0.1, 0.15) is 41.3 Å². The second kappa shape index (κ2) is 7.92. The summed E-state index contributed by atoms with van der Waals surface area (Å²) in [6.07, 6.45) is 2.43. The number of halogens is 1. The van der Waals surface area contributed by atoms with Gasteiger partial charge < -0.3 is 10.2 Å². The summed E-state index contributed by atoms with van der Waals surface area (Å²) in [6.45, 7) is 4.54. The highest BCUT2D eigenvalue weighted by Crippen LogP contribution is 2.26. The highest BCUT2D eigenvalue weighted by atomic mass is 35.5. The number of nitrogens with one attached hydrogen (secondary N) is 1. The van der Waals surface area contributed by atoms with Crippen LogP contribution in [0.2, 0.25) is 5.02 Å². The maximum atomic E-state index is 12.9. The van der Waals surface area contributed by atoms with Crippen molar-refractivity contribution in [1.29, 1.82) is 0 Å². The Morgan fingerprint density at radius 3 is 2.62 bits per heavy atom. The quantitative estimate of drug-likeness (QED) is 0.864. The molecular formula is C21H23ClN2O2. The van der Waals surface area contributed by atoms with Crippen molar-refractivity contribution >= 4 is 29.1 Å². The molecule has 0 aromatic heterocycles. The lowest BCUT2D eigenvalue weighted by molar-refractivity contribution is -0.119. The van der Waals surface area contributed by atoms with E-state index in [1.807, 2.05) is 37.3 Å². The summed E-state index contributed by atoms with van der Waals surface area (Å²) in [5, 5.41) is 3.54. The Morgan fingerprint density at radius 2 is 1.92 bits per heavy atom. The van der Waals surface area contributed by atoms with Gasteiger partial charge in [-0.25, -0.2) is 0 Å². The minimum Gasteiger partial charge on any atom is -0.327 e. The number of amides is 2. The number of hydrogen-bond acceptors (Lipinski definition) is 2. The van der Waals surface area contributed by atoms with Crippen LogP contribution >= 0.6 is 11.6 Å². The van der Waals surface area contributed by atoms with E-state index in [2.05, 4.69) is 12.2 Å². The Kier molecular flexibility index (Phi) is 5.62. The van der Waals surface area contributed by atoms with Crippen LogP contribution in [0.3, 0.4) is 0 Å². The molecule has 2 aromatic rings. The van der Waals surface area contributed by atoms with Gasteiger partial charge in [-0.15, -0.1) is 0 Å². The predicted molar refractivity (Wildman–Crippen MR) is 105 cm³/mol. The predicted octanol–water partition coefficient (Wildman–Crippen LogP) is 4.45. The number of rotatable bonds is 4. The molecule has 2 aromatic carbocycles. The van der Waals surface area contributed by atoms with Crippen molar-refractivity contribution in [3.05, 3.63) is 64.2 Å². The molecule has 5 heteroatoms. The molecule has 1 unspecified atom stereocenters. The van der Waals surface area contributed by atoms with E-state index in [0.29, 0.717) is 29.2 Å². The zero-order valence-electron chi connectivity index (χ0n) is 15.1. The van der Waals surface area contributed by atoms with Crippen LogP contribution in [0, 0.1) is 6.92 Å². The van der Waals surface area contributed by atoms with Gasteiger partial charge in [0.1, 0.15) is 6.04 Å². The molecule has 4 nitrogen and oxygen atoms in total. The summed E-state index contributed by atoms with van der Waals surface area (Å²) in [6, 6.07) is 12.6. The summed E-state index contributed by atoms with van der Waals surface area (Å²) in [5.41, 5.74) is 3.33. The van der Waals surface area contributed by atoms with E-state index >= 15 is 0 Å². The maximum Gasteiger partial charge on any atom is 0.254 e. The van der Waals surface area contributed by atoms with Crippen molar-refractivity contribution in [2.24, 2.45) is 0 Å². The number of hydrogen-bond donors (Lipinski definition) is 1. The average molecular weight is 371 g/mol. The highest BCUT2D eigenvalue weighted by molar-refractivity contribution is 6.31. The Balaban J connectivity index is 1.75. The first-order valence-electron chi connectivity index (χ1n) is 8.97. The SMILES string of the molecule is CCc1ccc(C(=O)N2CCCC2C(=O)Nc2cccc(Cl)c2C)cc1. The second-order valence-electron chi connectivity index (χ2n) is 6.61. The average Bonchev–Trinajstić information content (AvgIpc) is 3.15. The van der Waals surface area contributed by atoms with Gasteiger partial charge in [-0.3, -0.25) is 9.59 Å². The van der Waals surface area contributed by atoms with Crippen LogP contribution in [0.15, 0.2) is 42.5 Å². The van der Waals surface area contributed by atoms with Gasteiger partial charge in [-0.05, 0) is 61.6 Å². The fourth-order valence-corrected chi connectivity index (χ4v) is 3.46. The fraction of sp³-hybridized carbons (Fsp3) is 0.333. The smallest absolute Gasteiger partial charge is 0.254 e. The molecule has 1 heterocycles. The van der Waals surface area contributed by atoms with E-state index in [0.717, 1.165) is 18.4 Å². The van der Waals surface area contributed by atoms with Crippen LogP contribution in [-0.2, 0) is 11.2 Å². The van der Waals surface area contributed by atoms with Gasteiger partial charge in [-0.2, -0.15) is 0 Å². The maximum absolute atomic E-state index is 12.9. The first kappa shape index (κ1) is 18.5. The van der Waals surface area contributed by atoms with Crippen LogP contribution in [-0.4, -0.2) is 29.3 Å². The van der Waals surface area contributed by atoms with E-state index in [-0.39, 0.29) is 11.8 Å². The van der Waals surface area contributed by atoms with Crippen molar-refractivity contribution in [1.82, 2.24) is 4.90 Å². The number of likely N-dealkylation sites (tertiary alicyclic amines) is 1. The lowest BCUT2D eigenvalue weighted by Gasteiger charge is -2.24. The van der Waals surface area contributed by atoms with Gasteiger partial charge in [0, 0.05) is 22.8 Å². The summed E-state index contributed by atoms with van der Waals surface area (Å²) < 4.78 is 0. The van der Waals surface area contributed by atoms with Gasteiger partial charge in [0.2, 0.25) is 5.91 Å². The van der Waals surface area contributed by atoms with Crippen LogP contribution in [0.4, 0.5) is 5.69 Å². The van der Waals surface area contributed by atoms with E-state index in [9.17, 15) is 9.59 Å². The number of aryl methyl sites for hydroxylation is 1. The first-order chi connectivity index (χ1) is 12.5. The third-order valence-corrected chi connectivity index (χ3v) is 5.36. The van der Waals surface area contributed by atoms with Crippen molar-refractivity contribution in [3.63, 3.8) is 0 Å². The minimum absolute atomic E-state index is 0.0897. The Morgan fingerprint density at radius 1 is 1.19 bits per heavy atom. The molecule has 1 aliphatic heterocycles. The van der Waals surface area contributed by atoms with Gasteiger partial charge in [0.15, 0.2) is 0 Å². The van der Waals surface area contributed by atoms with Gasteiger partial charge in [0.25, 0.3) is 5.91 Å². The van der Waals surface area contributed by atoms with E-state index < -0.39 is 6.04 Å². The van der Waals surface area contributed by atoms with E-state index in [4.69, 9.17) is 11.6 Å². The zero-order chi connectivity index (χ0) is 18.7. The highest BCUT2D eigenvalue weighted by Gasteiger charge is 2.34. The molecule has 1 aliphatic rings. The lowest BCUT2D eigenvalue weighted by atomic mass is 10.1. The molecule has 0 spiro atoms. The van der Waals surface area contributed by atoms with Gasteiger partial charge in [-0.1, -0.05) is 36.7 Å². The third kappa shape index (κ3) is 3.75. The normalized spacial score (nSPS) is 16.6. The number of carbonyl (C=O) groups excluding carboxylic acids is 2. The largest absolute Gasteiger partial charge is 0.327 e. The molecule has 0 saturated carbocycles. The molecule has 2 amide bonds. The van der Waals surface area contributed by atoms with Crippen molar-refractivity contribution in [3.8, 4) is 0 Å². The summed E-state index contributed by atoms with van der Waals surface area (Å²) >= 11 is 6.12. The van der Waals surface area contributed by atoms with Crippen molar-refractivity contribution in [2.75, 3.05) is 11.9 Å². The minimum atomic E-state index is -0.452. The van der Waals surface area contributed by atoms with Crippen LogP contribution in [0.25, 0.3) is 0 Å². The number of nitrogens with zero attached hydrogens (tertiary/aromatic N) is 1. The third-order valence-electron chi connectivity index (χ3n) is 4.95. The molecule has 26 heavy (non-hydrogen) atoms. The Hall–Kier alpha value is -2.33. The van der Waals surface area contributed by atoms with Crippen LogP contribution < -0.4 is 5.32 Å². The number of benzene rings is 2. The Bertz CT molecular complexity index is 817. The Labute approximate surface area is 159 Å².